The quantitative estimate of drug-likeness (QED) is 0.801. The molecule has 0 saturated carbocycles. The highest BCUT2D eigenvalue weighted by molar-refractivity contribution is 7.94. The van der Waals surface area contributed by atoms with Gasteiger partial charge in [-0.25, -0.2) is 13.2 Å². The Morgan fingerprint density at radius 2 is 1.79 bits per heavy atom. The predicted octanol–water partition coefficient (Wildman–Crippen LogP) is 0.187. The topological polar surface area (TPSA) is 86.8 Å². The Bertz CT molecular complexity index is 769. The molecule has 0 aliphatic rings. The molecule has 1 aromatic carbocycles. The van der Waals surface area contributed by atoms with Crippen molar-refractivity contribution < 1.29 is 8.42 Å². The molecule has 0 radical (unpaired) electrons. The van der Waals surface area contributed by atoms with Gasteiger partial charge in [-0.2, -0.15) is 9.36 Å². The monoisotopic (exact) mass is 280 g/mol. The third kappa shape index (κ3) is 2.79. The number of hydrogen-bond donors (Lipinski definition) is 0. The number of hydrogen-bond acceptors (Lipinski definition) is 5. The maximum absolute atomic E-state index is 12.0. The van der Waals surface area contributed by atoms with E-state index >= 15 is 0 Å². The summed E-state index contributed by atoms with van der Waals surface area (Å²) in [5, 5.41) is 7.89. The smallest absolute Gasteiger partial charge is 0.244 e. The molecule has 8 heteroatoms. The van der Waals surface area contributed by atoms with E-state index in [1.807, 2.05) is 6.92 Å². The second-order valence-corrected chi connectivity index (χ2v) is 5.81. The molecule has 0 unspecified atom stereocenters. The summed E-state index contributed by atoms with van der Waals surface area (Å²) in [6.07, 6.45) is 1.07. The lowest BCUT2D eigenvalue weighted by atomic mass is 10.2. The van der Waals surface area contributed by atoms with Crippen LogP contribution in [0.1, 0.15) is 5.56 Å². The van der Waals surface area contributed by atoms with Crippen molar-refractivity contribution >= 4 is 16.0 Å². The summed E-state index contributed by atoms with van der Waals surface area (Å²) in [5.74, 6) is 0. The second kappa shape index (κ2) is 4.81. The van der Waals surface area contributed by atoms with Crippen LogP contribution in [0.15, 0.2) is 39.4 Å². The summed E-state index contributed by atoms with van der Waals surface area (Å²) < 4.78 is 25.8. The third-order valence-corrected chi connectivity index (χ3v) is 3.88. The number of rotatable bonds is 3. The van der Waals surface area contributed by atoms with Crippen LogP contribution in [0, 0.1) is 6.92 Å². The van der Waals surface area contributed by atoms with Crippen LogP contribution in [0.25, 0.3) is 6.20 Å². The van der Waals surface area contributed by atoms with E-state index in [0.29, 0.717) is 0 Å². The Labute approximate surface area is 109 Å². The second-order valence-electron chi connectivity index (χ2n) is 3.97. The lowest BCUT2D eigenvalue weighted by Crippen LogP contribution is -2.19. The van der Waals surface area contributed by atoms with Gasteiger partial charge in [0.1, 0.15) is 0 Å². The van der Waals surface area contributed by atoms with E-state index in [0.717, 1.165) is 26.5 Å². The van der Waals surface area contributed by atoms with Gasteiger partial charge in [-0.1, -0.05) is 17.7 Å². The van der Waals surface area contributed by atoms with E-state index in [1.165, 1.54) is 19.2 Å². The fourth-order valence-corrected chi connectivity index (χ4v) is 2.31. The molecule has 2 rings (SSSR count). The molecule has 0 aliphatic carbocycles. The zero-order chi connectivity index (χ0) is 14.0. The van der Waals surface area contributed by atoms with Gasteiger partial charge in [0.05, 0.1) is 10.3 Å². The van der Waals surface area contributed by atoms with Crippen molar-refractivity contribution in [1.29, 1.82) is 0 Å². The molecule has 0 bridgehead atoms. The van der Waals surface area contributed by atoms with E-state index in [-0.39, 0.29) is 4.90 Å². The molecule has 0 spiro atoms. The van der Waals surface area contributed by atoms with Crippen molar-refractivity contribution in [2.24, 2.45) is 7.05 Å². The van der Waals surface area contributed by atoms with Crippen LogP contribution in [-0.2, 0) is 16.9 Å². The van der Waals surface area contributed by atoms with Gasteiger partial charge < -0.3 is 0 Å². The van der Waals surface area contributed by atoms with Gasteiger partial charge in [0, 0.05) is 13.2 Å². The number of tetrazole rings is 1. The van der Waals surface area contributed by atoms with Crippen molar-refractivity contribution in [2.45, 2.75) is 11.8 Å². The molecule has 1 heterocycles. The average Bonchev–Trinajstić information content (AvgIpc) is 2.68. The minimum absolute atomic E-state index is 0.159. The van der Waals surface area contributed by atoms with Crippen LogP contribution < -0.4 is 5.69 Å². The lowest BCUT2D eigenvalue weighted by molar-refractivity contribution is 0.604. The number of aromatic nitrogens is 4. The molecule has 100 valence electrons. The Morgan fingerprint density at radius 1 is 1.16 bits per heavy atom. The van der Waals surface area contributed by atoms with Crippen LogP contribution in [0.4, 0.5) is 0 Å². The Morgan fingerprint density at radius 3 is 2.32 bits per heavy atom. The molecule has 0 amide bonds. The first-order chi connectivity index (χ1) is 8.90. The first-order valence-corrected chi connectivity index (χ1v) is 6.93. The summed E-state index contributed by atoms with van der Waals surface area (Å²) in [7, 11) is -2.18. The molecular weight excluding hydrogens is 268 g/mol. The Kier molecular flexibility index (Phi) is 3.34. The lowest BCUT2D eigenvalue weighted by Gasteiger charge is -1.99. The van der Waals surface area contributed by atoms with Crippen LogP contribution in [-0.4, -0.2) is 28.2 Å². The normalized spacial score (nSPS) is 12.1. The van der Waals surface area contributed by atoms with Gasteiger partial charge in [-0.05, 0) is 29.5 Å². The van der Waals surface area contributed by atoms with Gasteiger partial charge >= 0.3 is 5.69 Å². The minimum atomic E-state index is -3.60. The number of nitrogens with zero attached hydrogens (tertiary/aromatic N) is 4. The molecule has 7 nitrogen and oxygen atoms in total. The van der Waals surface area contributed by atoms with Gasteiger partial charge in [-0.15, -0.1) is 0 Å². The average molecular weight is 280 g/mol. The molecular formula is C11H12N4O3S. The van der Waals surface area contributed by atoms with Crippen molar-refractivity contribution in [3.63, 3.8) is 0 Å². The summed E-state index contributed by atoms with van der Waals surface area (Å²) in [6.45, 7) is 1.87. The van der Waals surface area contributed by atoms with Crippen molar-refractivity contribution in [3.8, 4) is 0 Å². The Balaban J connectivity index is 2.34. The van der Waals surface area contributed by atoms with E-state index in [1.54, 1.807) is 12.1 Å². The fraction of sp³-hybridized carbons (Fsp3) is 0.182. The number of sulfone groups is 1. The summed E-state index contributed by atoms with van der Waals surface area (Å²) in [6, 6.07) is 6.42. The molecule has 19 heavy (non-hydrogen) atoms. The third-order valence-electron chi connectivity index (χ3n) is 2.47. The highest BCUT2D eigenvalue weighted by Crippen LogP contribution is 2.13. The maximum atomic E-state index is 12.0. The highest BCUT2D eigenvalue weighted by atomic mass is 32.2. The first-order valence-electron chi connectivity index (χ1n) is 5.38. The summed E-state index contributed by atoms with van der Waals surface area (Å²) >= 11 is 0. The zero-order valence-corrected chi connectivity index (χ0v) is 11.2. The van der Waals surface area contributed by atoms with E-state index < -0.39 is 15.5 Å². The number of aryl methyl sites for hydroxylation is 2. The standard InChI is InChI=1S/C11H12N4O3S/c1-9-3-5-10(6-4-9)19(17,18)8-7-15-11(16)14(2)12-13-15/h3-8H,1-2H3. The summed E-state index contributed by atoms with van der Waals surface area (Å²) in [5.41, 5.74) is 0.448. The molecule has 0 N–H and O–H groups in total. The fourth-order valence-electron chi connectivity index (χ4n) is 1.37. The SMILES string of the molecule is Cc1ccc(S(=O)(=O)C=Cn2nnn(C)c2=O)cc1. The highest BCUT2D eigenvalue weighted by Gasteiger charge is 2.10. The molecule has 0 atom stereocenters. The van der Waals surface area contributed by atoms with Crippen molar-refractivity contribution in [3.05, 3.63) is 45.7 Å². The van der Waals surface area contributed by atoms with E-state index in [9.17, 15) is 13.2 Å². The number of benzene rings is 1. The zero-order valence-electron chi connectivity index (χ0n) is 10.4. The van der Waals surface area contributed by atoms with E-state index in [2.05, 4.69) is 10.4 Å². The van der Waals surface area contributed by atoms with Gasteiger partial charge in [-0.3, -0.25) is 0 Å². The van der Waals surface area contributed by atoms with Crippen LogP contribution in [0.5, 0.6) is 0 Å². The van der Waals surface area contributed by atoms with Crippen molar-refractivity contribution in [2.75, 3.05) is 0 Å². The minimum Gasteiger partial charge on any atom is -0.244 e. The Hall–Kier alpha value is -2.22. The van der Waals surface area contributed by atoms with Crippen LogP contribution in [0.3, 0.4) is 0 Å². The van der Waals surface area contributed by atoms with Gasteiger partial charge in [0.15, 0.2) is 0 Å². The molecule has 2 aromatic rings. The molecule has 0 aliphatic heterocycles. The van der Waals surface area contributed by atoms with Crippen molar-refractivity contribution in [1.82, 2.24) is 19.8 Å². The van der Waals surface area contributed by atoms with Gasteiger partial charge in [0.25, 0.3) is 0 Å². The molecule has 0 saturated heterocycles. The largest absolute Gasteiger partial charge is 0.367 e. The van der Waals surface area contributed by atoms with Crippen LogP contribution >= 0.6 is 0 Å². The molecule has 1 aromatic heterocycles. The van der Waals surface area contributed by atoms with Gasteiger partial charge in [0.2, 0.25) is 9.84 Å². The summed E-state index contributed by atoms with van der Waals surface area (Å²) in [4.78, 5) is 11.6. The van der Waals surface area contributed by atoms with E-state index in [4.69, 9.17) is 0 Å². The predicted molar refractivity (Wildman–Crippen MR) is 69.0 cm³/mol. The molecule has 0 fully saturated rings. The van der Waals surface area contributed by atoms with Crippen LogP contribution in [0.2, 0.25) is 0 Å². The first kappa shape index (κ1) is 13.2. The maximum Gasteiger partial charge on any atom is 0.367 e.